The number of halogens is 2. The Morgan fingerprint density at radius 3 is 1.12 bits per heavy atom. The first-order chi connectivity index (χ1) is 7.05. The molecule has 0 aromatic heterocycles. The Balaban J connectivity index is 3.64. The van der Waals surface area contributed by atoms with Crippen LogP contribution in [0.4, 0.5) is 0 Å². The van der Waals surface area contributed by atoms with Crippen LogP contribution in [0.25, 0.3) is 0 Å². The fourth-order valence-corrected chi connectivity index (χ4v) is 2.90. The van der Waals surface area contributed by atoms with E-state index < -0.39 is 0 Å². The molecule has 16 heavy (non-hydrogen) atoms. The van der Waals surface area contributed by atoms with Gasteiger partial charge in [0.1, 0.15) is 0 Å². The Hall–Kier alpha value is -0.200. The lowest BCUT2D eigenvalue weighted by molar-refractivity contribution is 0.530. The Kier molecular flexibility index (Phi) is 3.67. The first-order valence-electron chi connectivity index (χ1n) is 5.54. The van der Waals surface area contributed by atoms with Crippen LogP contribution in [0.2, 0.25) is 10.0 Å². The van der Waals surface area contributed by atoms with Crippen molar-refractivity contribution in [3.63, 3.8) is 0 Å². The van der Waals surface area contributed by atoms with E-state index in [1.807, 2.05) is 12.1 Å². The lowest BCUT2D eigenvalue weighted by Crippen LogP contribution is -2.23. The highest BCUT2D eigenvalue weighted by Crippen LogP contribution is 2.41. The van der Waals surface area contributed by atoms with Crippen LogP contribution >= 0.6 is 23.2 Å². The van der Waals surface area contributed by atoms with Gasteiger partial charge in [-0.2, -0.15) is 0 Å². The zero-order valence-corrected chi connectivity index (χ0v) is 12.4. The standard InChI is InChI=1S/C14H20Cl2/c1-13(2,3)11-9(15)7-8-10(16)12(11)14(4,5)6/h7-8H,1-6H3. The number of benzene rings is 1. The molecule has 0 nitrogen and oxygen atoms in total. The number of hydrogen-bond donors (Lipinski definition) is 0. The van der Waals surface area contributed by atoms with Gasteiger partial charge < -0.3 is 0 Å². The normalized spacial score (nSPS) is 13.0. The van der Waals surface area contributed by atoms with Crippen molar-refractivity contribution >= 4 is 23.2 Å². The topological polar surface area (TPSA) is 0 Å². The van der Waals surface area contributed by atoms with Gasteiger partial charge in [-0.05, 0) is 34.1 Å². The molecule has 1 aromatic carbocycles. The summed E-state index contributed by atoms with van der Waals surface area (Å²) in [5, 5.41) is 1.61. The molecule has 0 fully saturated rings. The van der Waals surface area contributed by atoms with E-state index >= 15 is 0 Å². The van der Waals surface area contributed by atoms with Crippen molar-refractivity contribution in [2.24, 2.45) is 0 Å². The predicted octanol–water partition coefficient (Wildman–Crippen LogP) is 5.59. The van der Waals surface area contributed by atoms with E-state index in [9.17, 15) is 0 Å². The Bertz CT molecular complexity index is 353. The average molecular weight is 259 g/mol. The highest BCUT2D eigenvalue weighted by Gasteiger charge is 2.29. The molecule has 90 valence electrons. The van der Waals surface area contributed by atoms with Crippen molar-refractivity contribution < 1.29 is 0 Å². The van der Waals surface area contributed by atoms with Gasteiger partial charge in [-0.15, -0.1) is 0 Å². The highest BCUT2D eigenvalue weighted by molar-refractivity contribution is 6.34. The predicted molar refractivity (Wildman–Crippen MR) is 73.9 cm³/mol. The third kappa shape index (κ3) is 2.73. The molecular weight excluding hydrogens is 239 g/mol. The summed E-state index contributed by atoms with van der Waals surface area (Å²) in [5.74, 6) is 0. The van der Waals surface area contributed by atoms with Gasteiger partial charge in [-0.3, -0.25) is 0 Å². The molecule has 0 spiro atoms. The molecule has 0 atom stereocenters. The molecule has 0 aliphatic rings. The van der Waals surface area contributed by atoms with Gasteiger partial charge in [0.15, 0.2) is 0 Å². The van der Waals surface area contributed by atoms with Crippen LogP contribution in [0.15, 0.2) is 12.1 Å². The maximum absolute atomic E-state index is 6.33. The molecule has 0 amide bonds. The molecule has 1 aromatic rings. The Labute approximate surface area is 109 Å². The minimum atomic E-state index is 0.00456. The van der Waals surface area contributed by atoms with E-state index in [4.69, 9.17) is 23.2 Å². The average Bonchev–Trinajstić information content (AvgIpc) is 2.04. The van der Waals surface area contributed by atoms with Gasteiger partial charge in [-0.25, -0.2) is 0 Å². The minimum absolute atomic E-state index is 0.00456. The second-order valence-corrected chi connectivity index (χ2v) is 7.09. The summed E-state index contributed by atoms with van der Waals surface area (Å²) >= 11 is 12.7. The molecular formula is C14H20Cl2. The molecule has 0 unspecified atom stereocenters. The van der Waals surface area contributed by atoms with Gasteiger partial charge in [-0.1, -0.05) is 64.7 Å². The third-order valence-corrected chi connectivity index (χ3v) is 3.23. The first-order valence-corrected chi connectivity index (χ1v) is 6.29. The summed E-state index contributed by atoms with van der Waals surface area (Å²) in [6, 6.07) is 3.78. The van der Waals surface area contributed by atoms with E-state index in [0.717, 1.165) is 21.2 Å². The van der Waals surface area contributed by atoms with E-state index in [1.165, 1.54) is 0 Å². The molecule has 1 rings (SSSR count). The molecule has 0 aliphatic carbocycles. The summed E-state index contributed by atoms with van der Waals surface area (Å²) in [4.78, 5) is 0. The lowest BCUT2D eigenvalue weighted by atomic mass is 9.75. The monoisotopic (exact) mass is 258 g/mol. The van der Waals surface area contributed by atoms with Gasteiger partial charge in [0.25, 0.3) is 0 Å². The SMILES string of the molecule is CC(C)(C)c1c(Cl)ccc(Cl)c1C(C)(C)C. The van der Waals surface area contributed by atoms with Crippen LogP contribution in [0.3, 0.4) is 0 Å². The van der Waals surface area contributed by atoms with Crippen molar-refractivity contribution in [3.05, 3.63) is 33.3 Å². The van der Waals surface area contributed by atoms with E-state index in [0.29, 0.717) is 0 Å². The van der Waals surface area contributed by atoms with Crippen LogP contribution in [0, 0.1) is 0 Å². The quantitative estimate of drug-likeness (QED) is 0.569. The molecule has 0 heterocycles. The van der Waals surface area contributed by atoms with Gasteiger partial charge >= 0.3 is 0 Å². The van der Waals surface area contributed by atoms with Crippen molar-refractivity contribution in [2.75, 3.05) is 0 Å². The summed E-state index contributed by atoms with van der Waals surface area (Å²) < 4.78 is 0. The zero-order valence-electron chi connectivity index (χ0n) is 10.9. The number of rotatable bonds is 0. The van der Waals surface area contributed by atoms with Crippen LogP contribution in [-0.2, 0) is 10.8 Å². The van der Waals surface area contributed by atoms with Crippen molar-refractivity contribution in [2.45, 2.75) is 52.4 Å². The first kappa shape index (κ1) is 13.9. The third-order valence-electron chi connectivity index (χ3n) is 2.60. The molecule has 0 saturated heterocycles. The molecule has 2 heteroatoms. The molecule has 0 saturated carbocycles. The smallest absolute Gasteiger partial charge is 0.0447 e. The minimum Gasteiger partial charge on any atom is -0.0840 e. The van der Waals surface area contributed by atoms with Crippen molar-refractivity contribution in [1.82, 2.24) is 0 Å². The summed E-state index contributed by atoms with van der Waals surface area (Å²) in [6.45, 7) is 13.0. The molecule has 0 aliphatic heterocycles. The molecule has 0 N–H and O–H groups in total. The van der Waals surface area contributed by atoms with E-state index in [2.05, 4.69) is 41.5 Å². The largest absolute Gasteiger partial charge is 0.0840 e. The summed E-state index contributed by atoms with van der Waals surface area (Å²) in [5.41, 5.74) is 2.33. The van der Waals surface area contributed by atoms with Crippen LogP contribution in [0.5, 0.6) is 0 Å². The maximum Gasteiger partial charge on any atom is 0.0447 e. The van der Waals surface area contributed by atoms with Crippen molar-refractivity contribution in [1.29, 1.82) is 0 Å². The highest BCUT2D eigenvalue weighted by atomic mass is 35.5. The lowest BCUT2D eigenvalue weighted by Gasteiger charge is -2.31. The van der Waals surface area contributed by atoms with Crippen LogP contribution < -0.4 is 0 Å². The maximum atomic E-state index is 6.33. The fraction of sp³-hybridized carbons (Fsp3) is 0.571. The van der Waals surface area contributed by atoms with Gasteiger partial charge in [0.2, 0.25) is 0 Å². The van der Waals surface area contributed by atoms with Gasteiger partial charge in [0, 0.05) is 10.0 Å². The van der Waals surface area contributed by atoms with Crippen LogP contribution in [-0.4, -0.2) is 0 Å². The van der Waals surface area contributed by atoms with E-state index in [-0.39, 0.29) is 10.8 Å². The van der Waals surface area contributed by atoms with E-state index in [1.54, 1.807) is 0 Å². The number of hydrogen-bond acceptors (Lipinski definition) is 0. The van der Waals surface area contributed by atoms with Gasteiger partial charge in [0.05, 0.1) is 0 Å². The fourth-order valence-electron chi connectivity index (χ4n) is 2.02. The summed E-state index contributed by atoms with van der Waals surface area (Å²) in [6.07, 6.45) is 0. The van der Waals surface area contributed by atoms with Crippen molar-refractivity contribution in [3.8, 4) is 0 Å². The summed E-state index contributed by atoms with van der Waals surface area (Å²) in [7, 11) is 0. The molecule has 0 radical (unpaired) electrons. The van der Waals surface area contributed by atoms with Crippen LogP contribution in [0.1, 0.15) is 52.7 Å². The second kappa shape index (κ2) is 4.23. The zero-order chi connectivity index (χ0) is 12.7. The molecule has 0 bridgehead atoms. The Morgan fingerprint density at radius 1 is 0.688 bits per heavy atom. The Morgan fingerprint density at radius 2 is 0.938 bits per heavy atom. The second-order valence-electron chi connectivity index (χ2n) is 6.28.